The summed E-state index contributed by atoms with van der Waals surface area (Å²) in [6.45, 7) is 1.56. The number of hydrogen-bond acceptors (Lipinski definition) is 7. The van der Waals surface area contributed by atoms with Gasteiger partial charge in [-0.1, -0.05) is 6.07 Å². The molecular formula is C22H21N7O2. The number of carbonyl (C=O) groups is 1. The van der Waals surface area contributed by atoms with Gasteiger partial charge in [-0.2, -0.15) is 4.98 Å². The van der Waals surface area contributed by atoms with Crippen LogP contribution in [0.25, 0.3) is 27.7 Å². The Balaban J connectivity index is 1.33. The van der Waals surface area contributed by atoms with Crippen LogP contribution >= 0.6 is 0 Å². The highest BCUT2D eigenvalue weighted by molar-refractivity contribution is 5.89. The maximum absolute atomic E-state index is 11.4. The van der Waals surface area contributed by atoms with Gasteiger partial charge in [0.1, 0.15) is 5.52 Å². The normalized spacial score (nSPS) is 23.8. The molecule has 31 heavy (non-hydrogen) atoms. The van der Waals surface area contributed by atoms with Crippen molar-refractivity contribution in [3.63, 3.8) is 0 Å². The number of anilines is 1. The first-order chi connectivity index (χ1) is 15.0. The molecule has 4 aromatic rings. The van der Waals surface area contributed by atoms with Gasteiger partial charge in [0.15, 0.2) is 0 Å². The van der Waals surface area contributed by atoms with Crippen LogP contribution in [0, 0.1) is 0 Å². The van der Waals surface area contributed by atoms with Crippen LogP contribution in [0.1, 0.15) is 26.2 Å². The van der Waals surface area contributed by atoms with Crippen LogP contribution < -0.4 is 15.4 Å². The number of benzene rings is 1. The summed E-state index contributed by atoms with van der Waals surface area (Å²) in [5.41, 5.74) is 4.33. The molecule has 3 aliphatic carbocycles. The zero-order chi connectivity index (χ0) is 21.2. The first kappa shape index (κ1) is 18.1. The van der Waals surface area contributed by atoms with E-state index in [2.05, 4.69) is 30.7 Å². The van der Waals surface area contributed by atoms with E-state index in [-0.39, 0.29) is 17.0 Å². The van der Waals surface area contributed by atoms with E-state index < -0.39 is 0 Å². The lowest BCUT2D eigenvalue weighted by atomic mass is 9.44. The molecule has 3 aliphatic rings. The molecule has 1 aromatic carbocycles. The third-order valence-electron chi connectivity index (χ3n) is 6.30. The lowest BCUT2D eigenvalue weighted by Crippen LogP contribution is -2.81. The van der Waals surface area contributed by atoms with E-state index in [1.165, 1.54) is 0 Å². The summed E-state index contributed by atoms with van der Waals surface area (Å²) in [4.78, 5) is 24.8. The van der Waals surface area contributed by atoms with E-state index in [1.54, 1.807) is 30.9 Å². The standard InChI is InChI=1S/C22H21N7O2/c1-13(30)26-21-10-22(11-21,12-21)27-20-25-19(31-2)18-15(5-8-29(18)28-20)14-3-4-16-17(9-14)24-7-6-23-16/h3-9H,10-12H2,1-2H3,(H,26,30)(H,27,28). The second-order valence-corrected chi connectivity index (χ2v) is 8.62. The van der Waals surface area contributed by atoms with Crippen LogP contribution in [0.4, 0.5) is 5.95 Å². The molecule has 3 aromatic heterocycles. The number of methoxy groups -OCH3 is 1. The van der Waals surface area contributed by atoms with E-state index in [4.69, 9.17) is 4.74 Å². The summed E-state index contributed by atoms with van der Waals surface area (Å²) in [7, 11) is 1.61. The third kappa shape index (κ3) is 2.73. The van der Waals surface area contributed by atoms with Crippen molar-refractivity contribution in [1.29, 1.82) is 0 Å². The molecule has 0 spiro atoms. The van der Waals surface area contributed by atoms with Gasteiger partial charge in [-0.3, -0.25) is 14.8 Å². The lowest BCUT2D eigenvalue weighted by Gasteiger charge is -2.70. The van der Waals surface area contributed by atoms with Crippen LogP contribution in [0.15, 0.2) is 42.9 Å². The summed E-state index contributed by atoms with van der Waals surface area (Å²) < 4.78 is 7.42. The molecule has 2 N–H and O–H groups in total. The van der Waals surface area contributed by atoms with E-state index in [9.17, 15) is 4.79 Å². The fourth-order valence-corrected chi connectivity index (χ4v) is 5.21. The monoisotopic (exact) mass is 415 g/mol. The van der Waals surface area contributed by atoms with Gasteiger partial charge in [0.25, 0.3) is 0 Å². The van der Waals surface area contributed by atoms with Gasteiger partial charge in [-0.15, -0.1) is 5.10 Å². The number of nitrogens with one attached hydrogen (secondary N) is 2. The summed E-state index contributed by atoms with van der Waals surface area (Å²) in [5.74, 6) is 1.04. The number of aromatic nitrogens is 5. The van der Waals surface area contributed by atoms with Gasteiger partial charge in [-0.05, 0) is 43.0 Å². The Morgan fingerprint density at radius 3 is 2.61 bits per heavy atom. The minimum atomic E-state index is -0.0490. The Morgan fingerprint density at radius 1 is 1.10 bits per heavy atom. The minimum Gasteiger partial charge on any atom is -0.479 e. The fraction of sp³-hybridized carbons (Fsp3) is 0.318. The fourth-order valence-electron chi connectivity index (χ4n) is 5.21. The molecule has 3 saturated carbocycles. The topological polar surface area (TPSA) is 106 Å². The zero-order valence-electron chi connectivity index (χ0n) is 17.2. The van der Waals surface area contributed by atoms with E-state index in [0.29, 0.717) is 11.8 Å². The quantitative estimate of drug-likeness (QED) is 0.516. The Morgan fingerprint density at radius 2 is 1.87 bits per heavy atom. The number of hydrogen-bond donors (Lipinski definition) is 2. The van der Waals surface area contributed by atoms with Crippen LogP contribution in [0.2, 0.25) is 0 Å². The maximum Gasteiger partial charge on any atom is 0.244 e. The molecule has 3 heterocycles. The second-order valence-electron chi connectivity index (χ2n) is 8.62. The van der Waals surface area contributed by atoms with Crippen LogP contribution in [-0.4, -0.2) is 48.7 Å². The summed E-state index contributed by atoms with van der Waals surface area (Å²) in [6.07, 6.45) is 7.94. The highest BCUT2D eigenvalue weighted by atomic mass is 16.5. The molecule has 3 fully saturated rings. The second kappa shape index (κ2) is 6.13. The number of nitrogens with zero attached hydrogens (tertiary/aromatic N) is 5. The minimum absolute atomic E-state index is 0.0205. The van der Waals surface area contributed by atoms with E-state index in [1.807, 2.05) is 30.5 Å². The molecule has 1 amide bonds. The van der Waals surface area contributed by atoms with Crippen molar-refractivity contribution in [3.05, 3.63) is 42.9 Å². The number of carbonyl (C=O) groups excluding carboxylic acids is 1. The summed E-state index contributed by atoms with van der Waals surface area (Å²) >= 11 is 0. The largest absolute Gasteiger partial charge is 0.479 e. The van der Waals surface area contributed by atoms with Crippen molar-refractivity contribution in [2.24, 2.45) is 0 Å². The van der Waals surface area contributed by atoms with Gasteiger partial charge in [-0.25, -0.2) is 4.52 Å². The lowest BCUT2D eigenvalue weighted by molar-refractivity contribution is -0.131. The van der Waals surface area contributed by atoms with Crippen molar-refractivity contribution in [1.82, 2.24) is 29.9 Å². The summed E-state index contributed by atoms with van der Waals surface area (Å²) in [6, 6.07) is 7.98. The molecule has 9 heteroatoms. The van der Waals surface area contributed by atoms with E-state index in [0.717, 1.165) is 46.9 Å². The highest BCUT2D eigenvalue weighted by Crippen LogP contribution is 2.61. The predicted octanol–water partition coefficient (Wildman–Crippen LogP) is 2.57. The van der Waals surface area contributed by atoms with Crippen molar-refractivity contribution in [3.8, 4) is 17.0 Å². The van der Waals surface area contributed by atoms with Gasteiger partial charge in [0, 0.05) is 42.2 Å². The Labute approximate surface area is 177 Å². The summed E-state index contributed by atoms with van der Waals surface area (Å²) in [5, 5.41) is 11.2. The van der Waals surface area contributed by atoms with Gasteiger partial charge >= 0.3 is 0 Å². The molecule has 7 rings (SSSR count). The first-order valence-electron chi connectivity index (χ1n) is 10.2. The maximum atomic E-state index is 11.4. The average Bonchev–Trinajstić information content (AvgIpc) is 3.14. The highest BCUT2D eigenvalue weighted by Gasteiger charge is 2.69. The van der Waals surface area contributed by atoms with Gasteiger partial charge in [0.05, 0.1) is 18.1 Å². The Bertz CT molecular complexity index is 1340. The molecule has 0 unspecified atom stereocenters. The van der Waals surface area contributed by atoms with Crippen molar-refractivity contribution >= 4 is 28.4 Å². The van der Waals surface area contributed by atoms with Crippen LogP contribution in [0.5, 0.6) is 5.88 Å². The number of rotatable bonds is 5. The molecule has 0 atom stereocenters. The smallest absolute Gasteiger partial charge is 0.244 e. The molecule has 9 nitrogen and oxygen atoms in total. The molecule has 0 radical (unpaired) electrons. The molecule has 0 aliphatic heterocycles. The van der Waals surface area contributed by atoms with Crippen molar-refractivity contribution in [2.45, 2.75) is 37.3 Å². The van der Waals surface area contributed by atoms with Crippen LogP contribution in [-0.2, 0) is 4.79 Å². The SMILES string of the molecule is COc1nc(NC23CC(NC(C)=O)(C2)C3)nn2ccc(-c3ccc4nccnc4c3)c12. The van der Waals surface area contributed by atoms with Crippen molar-refractivity contribution in [2.75, 3.05) is 12.4 Å². The zero-order valence-corrected chi connectivity index (χ0v) is 17.2. The number of fused-ring (bicyclic) bond motifs is 2. The molecule has 2 bridgehead atoms. The number of amides is 1. The molecule has 0 saturated heterocycles. The van der Waals surface area contributed by atoms with Crippen LogP contribution in [0.3, 0.4) is 0 Å². The van der Waals surface area contributed by atoms with Gasteiger partial charge in [0.2, 0.25) is 17.7 Å². The van der Waals surface area contributed by atoms with Crippen molar-refractivity contribution < 1.29 is 9.53 Å². The van der Waals surface area contributed by atoms with E-state index >= 15 is 0 Å². The predicted molar refractivity (Wildman–Crippen MR) is 115 cm³/mol. The third-order valence-corrected chi connectivity index (χ3v) is 6.30. The number of ether oxygens (including phenoxy) is 1. The first-order valence-corrected chi connectivity index (χ1v) is 10.2. The Kier molecular flexibility index (Phi) is 3.57. The Hall–Kier alpha value is -3.75. The molecule has 156 valence electrons. The average molecular weight is 415 g/mol. The molecular weight excluding hydrogens is 394 g/mol. The van der Waals surface area contributed by atoms with Gasteiger partial charge < -0.3 is 15.4 Å².